The highest BCUT2D eigenvalue weighted by Gasteiger charge is 2.12. The monoisotopic (exact) mass is 348 g/mol. The molecule has 2 rings (SSSR count). The van der Waals surface area contributed by atoms with Crippen LogP contribution < -0.4 is 5.56 Å². The fourth-order valence-electron chi connectivity index (χ4n) is 2.19. The molecule has 0 atom stereocenters. The van der Waals surface area contributed by atoms with Gasteiger partial charge in [-0.25, -0.2) is 4.98 Å². The fraction of sp³-hybridized carbons (Fsp3) is 0.412. The first-order valence-electron chi connectivity index (χ1n) is 7.27. The van der Waals surface area contributed by atoms with Crippen LogP contribution in [-0.2, 0) is 6.42 Å². The lowest BCUT2D eigenvalue weighted by Crippen LogP contribution is -2.15. The van der Waals surface area contributed by atoms with E-state index in [2.05, 4.69) is 65.7 Å². The molecule has 1 aromatic carbocycles. The third-order valence-electron chi connectivity index (χ3n) is 3.38. The molecule has 0 amide bonds. The summed E-state index contributed by atoms with van der Waals surface area (Å²) in [5.41, 5.74) is 2.91. The molecule has 112 valence electrons. The summed E-state index contributed by atoms with van der Waals surface area (Å²) in [5, 5.41) is 0. The van der Waals surface area contributed by atoms with Crippen molar-refractivity contribution in [2.45, 2.75) is 40.0 Å². The molecule has 1 heterocycles. The summed E-state index contributed by atoms with van der Waals surface area (Å²) in [6.07, 6.45) is 0.779. The average Bonchev–Trinajstić information content (AvgIpc) is 2.43. The molecule has 4 heteroatoms. The molecule has 0 unspecified atom stereocenters. The maximum atomic E-state index is 12.0. The molecule has 1 aromatic heterocycles. The van der Waals surface area contributed by atoms with Gasteiger partial charge in [-0.15, -0.1) is 0 Å². The Morgan fingerprint density at radius 2 is 1.76 bits per heavy atom. The predicted molar refractivity (Wildman–Crippen MR) is 90.6 cm³/mol. The molecule has 21 heavy (non-hydrogen) atoms. The van der Waals surface area contributed by atoms with Gasteiger partial charge in [-0.05, 0) is 39.8 Å². The highest BCUT2D eigenvalue weighted by atomic mass is 79.9. The number of rotatable bonds is 4. The molecule has 1 N–H and O–H groups in total. The van der Waals surface area contributed by atoms with Crippen molar-refractivity contribution >= 4 is 15.9 Å². The summed E-state index contributed by atoms with van der Waals surface area (Å²) in [6.45, 7) is 8.56. The van der Waals surface area contributed by atoms with Crippen molar-refractivity contribution in [3.63, 3.8) is 0 Å². The Labute approximate surface area is 134 Å². The van der Waals surface area contributed by atoms with Crippen molar-refractivity contribution in [2.24, 2.45) is 5.92 Å². The number of nitrogens with zero attached hydrogens (tertiary/aromatic N) is 1. The van der Waals surface area contributed by atoms with E-state index in [1.807, 2.05) is 12.1 Å². The first kappa shape index (κ1) is 16.0. The van der Waals surface area contributed by atoms with Gasteiger partial charge in [-0.1, -0.05) is 52.0 Å². The van der Waals surface area contributed by atoms with E-state index in [-0.39, 0.29) is 5.56 Å². The number of benzene rings is 1. The first-order chi connectivity index (χ1) is 9.88. The van der Waals surface area contributed by atoms with Crippen LogP contribution in [-0.4, -0.2) is 9.97 Å². The SMILES string of the molecule is CC(C)Cc1nc(-c2ccc(C(C)C)cc2)[nH]c(=O)c1Br. The zero-order chi connectivity index (χ0) is 15.6. The molecule has 0 bridgehead atoms. The first-order valence-corrected chi connectivity index (χ1v) is 8.06. The molecule has 0 aliphatic rings. The molecule has 0 aliphatic heterocycles. The second kappa shape index (κ2) is 6.56. The van der Waals surface area contributed by atoms with E-state index in [1.54, 1.807) is 0 Å². The van der Waals surface area contributed by atoms with Gasteiger partial charge in [-0.2, -0.15) is 0 Å². The molecule has 0 aliphatic carbocycles. The van der Waals surface area contributed by atoms with Gasteiger partial charge < -0.3 is 4.98 Å². The van der Waals surface area contributed by atoms with Crippen LogP contribution in [0.1, 0.15) is 44.9 Å². The number of aromatic nitrogens is 2. The molecule has 3 nitrogen and oxygen atoms in total. The van der Waals surface area contributed by atoms with Crippen molar-refractivity contribution in [2.75, 3.05) is 0 Å². The third-order valence-corrected chi connectivity index (χ3v) is 4.20. The Morgan fingerprint density at radius 3 is 2.29 bits per heavy atom. The quantitative estimate of drug-likeness (QED) is 0.882. The lowest BCUT2D eigenvalue weighted by molar-refractivity contribution is 0.631. The van der Waals surface area contributed by atoms with Crippen molar-refractivity contribution in [1.82, 2.24) is 9.97 Å². The minimum Gasteiger partial charge on any atom is -0.306 e. The number of aromatic amines is 1. The van der Waals surface area contributed by atoms with E-state index in [4.69, 9.17) is 0 Å². The molecule has 0 radical (unpaired) electrons. The Morgan fingerprint density at radius 1 is 1.14 bits per heavy atom. The van der Waals surface area contributed by atoms with Crippen LogP contribution in [0.2, 0.25) is 0 Å². The van der Waals surface area contributed by atoms with Crippen molar-refractivity contribution in [3.8, 4) is 11.4 Å². The van der Waals surface area contributed by atoms with Gasteiger partial charge in [0, 0.05) is 5.56 Å². The van der Waals surface area contributed by atoms with Gasteiger partial charge >= 0.3 is 0 Å². The predicted octanol–water partition coefficient (Wildman–Crippen LogP) is 4.52. The van der Waals surface area contributed by atoms with Gasteiger partial charge in [0.2, 0.25) is 0 Å². The summed E-state index contributed by atoms with van der Waals surface area (Å²) >= 11 is 3.34. The van der Waals surface area contributed by atoms with Crippen LogP contribution in [0.5, 0.6) is 0 Å². The second-order valence-corrected chi connectivity index (χ2v) is 6.84. The minimum atomic E-state index is -0.122. The summed E-state index contributed by atoms with van der Waals surface area (Å²) in [4.78, 5) is 19.5. The highest BCUT2D eigenvalue weighted by Crippen LogP contribution is 2.21. The Bertz CT molecular complexity index is 672. The molecular formula is C17H21BrN2O. The number of H-pyrrole nitrogens is 1. The lowest BCUT2D eigenvalue weighted by atomic mass is 10.0. The standard InChI is InChI=1S/C17H21BrN2O/c1-10(2)9-14-15(18)17(21)20-16(19-14)13-7-5-12(6-8-13)11(3)4/h5-8,10-11H,9H2,1-4H3,(H,19,20,21). The molecule has 2 aromatic rings. The average molecular weight is 349 g/mol. The van der Waals surface area contributed by atoms with E-state index >= 15 is 0 Å². The second-order valence-electron chi connectivity index (χ2n) is 6.05. The van der Waals surface area contributed by atoms with Crippen LogP contribution in [0.3, 0.4) is 0 Å². The molecule has 0 saturated heterocycles. The minimum absolute atomic E-state index is 0.122. The smallest absolute Gasteiger partial charge is 0.265 e. The van der Waals surface area contributed by atoms with Gasteiger partial charge in [-0.3, -0.25) is 4.79 Å². The summed E-state index contributed by atoms with van der Waals surface area (Å²) in [6, 6.07) is 8.20. The van der Waals surface area contributed by atoms with Crippen LogP contribution in [0.15, 0.2) is 33.5 Å². The molecule has 0 fully saturated rings. The Kier molecular flexibility index (Phi) is 4.99. The van der Waals surface area contributed by atoms with E-state index < -0.39 is 0 Å². The van der Waals surface area contributed by atoms with Crippen molar-refractivity contribution in [1.29, 1.82) is 0 Å². The normalized spacial score (nSPS) is 11.4. The van der Waals surface area contributed by atoms with Crippen LogP contribution >= 0.6 is 15.9 Å². The zero-order valence-corrected chi connectivity index (χ0v) is 14.5. The van der Waals surface area contributed by atoms with E-state index in [1.165, 1.54) is 5.56 Å². The number of halogens is 1. The third kappa shape index (κ3) is 3.82. The number of hydrogen-bond donors (Lipinski definition) is 1. The van der Waals surface area contributed by atoms with Crippen LogP contribution in [0.25, 0.3) is 11.4 Å². The van der Waals surface area contributed by atoms with Gasteiger partial charge in [0.05, 0.1) is 5.69 Å². The zero-order valence-electron chi connectivity index (χ0n) is 12.9. The largest absolute Gasteiger partial charge is 0.306 e. The van der Waals surface area contributed by atoms with E-state index in [0.29, 0.717) is 22.1 Å². The lowest BCUT2D eigenvalue weighted by Gasteiger charge is -2.10. The summed E-state index contributed by atoms with van der Waals surface area (Å²) < 4.78 is 0.541. The van der Waals surface area contributed by atoms with Gasteiger partial charge in [0.25, 0.3) is 5.56 Å². The number of hydrogen-bond acceptors (Lipinski definition) is 2. The highest BCUT2D eigenvalue weighted by molar-refractivity contribution is 9.10. The van der Waals surface area contributed by atoms with E-state index in [0.717, 1.165) is 17.7 Å². The Balaban J connectivity index is 2.44. The molecular weight excluding hydrogens is 328 g/mol. The van der Waals surface area contributed by atoms with Crippen LogP contribution in [0, 0.1) is 5.92 Å². The van der Waals surface area contributed by atoms with Gasteiger partial charge in [0.1, 0.15) is 10.3 Å². The fourth-order valence-corrected chi connectivity index (χ4v) is 2.54. The summed E-state index contributed by atoms with van der Waals surface area (Å²) in [5.74, 6) is 1.58. The molecule has 0 saturated carbocycles. The van der Waals surface area contributed by atoms with Crippen molar-refractivity contribution in [3.05, 3.63) is 50.3 Å². The maximum Gasteiger partial charge on any atom is 0.265 e. The van der Waals surface area contributed by atoms with Gasteiger partial charge in [0.15, 0.2) is 0 Å². The van der Waals surface area contributed by atoms with Crippen LogP contribution in [0.4, 0.5) is 0 Å². The maximum absolute atomic E-state index is 12.0. The van der Waals surface area contributed by atoms with Crippen molar-refractivity contribution < 1.29 is 0 Å². The number of nitrogens with one attached hydrogen (secondary N) is 1. The summed E-state index contributed by atoms with van der Waals surface area (Å²) in [7, 11) is 0. The molecule has 0 spiro atoms. The van der Waals surface area contributed by atoms with E-state index in [9.17, 15) is 4.79 Å². The topological polar surface area (TPSA) is 45.8 Å². The Hall–Kier alpha value is -1.42.